The SMILES string of the molecule is C[C@]1(CN)CC=CO1. The molecule has 1 aliphatic heterocycles. The molecular weight excluding hydrogens is 102 g/mol. The Bertz CT molecular complexity index is 101. The molecule has 1 aliphatic rings. The van der Waals surface area contributed by atoms with Crippen molar-refractivity contribution < 1.29 is 4.74 Å². The quantitative estimate of drug-likeness (QED) is 0.541. The molecule has 0 saturated heterocycles. The molecule has 0 unspecified atom stereocenters. The highest BCUT2D eigenvalue weighted by atomic mass is 16.5. The van der Waals surface area contributed by atoms with Gasteiger partial charge in [0, 0.05) is 13.0 Å². The van der Waals surface area contributed by atoms with Crippen LogP contribution in [0.3, 0.4) is 0 Å². The molecule has 0 bridgehead atoms. The lowest BCUT2D eigenvalue weighted by atomic mass is 10.1. The van der Waals surface area contributed by atoms with E-state index in [1.165, 1.54) is 0 Å². The maximum Gasteiger partial charge on any atom is 0.121 e. The lowest BCUT2D eigenvalue weighted by Gasteiger charge is -2.20. The first-order chi connectivity index (χ1) is 3.77. The van der Waals surface area contributed by atoms with Crippen molar-refractivity contribution in [2.75, 3.05) is 6.54 Å². The maximum absolute atomic E-state index is 5.40. The maximum atomic E-state index is 5.40. The normalized spacial score (nSPS) is 35.2. The third kappa shape index (κ3) is 0.842. The molecule has 2 heteroatoms. The minimum Gasteiger partial charge on any atom is -0.494 e. The molecule has 0 spiro atoms. The molecule has 2 nitrogen and oxygen atoms in total. The van der Waals surface area contributed by atoms with Gasteiger partial charge in [0.15, 0.2) is 0 Å². The minimum absolute atomic E-state index is 0.0972. The summed E-state index contributed by atoms with van der Waals surface area (Å²) in [6.45, 7) is 2.60. The Kier molecular flexibility index (Phi) is 1.26. The summed E-state index contributed by atoms with van der Waals surface area (Å²) in [7, 11) is 0. The van der Waals surface area contributed by atoms with E-state index in [2.05, 4.69) is 0 Å². The number of hydrogen-bond acceptors (Lipinski definition) is 2. The second-order valence-corrected chi connectivity index (χ2v) is 2.35. The molecule has 0 aromatic rings. The Hall–Kier alpha value is -0.500. The van der Waals surface area contributed by atoms with E-state index in [-0.39, 0.29) is 5.60 Å². The van der Waals surface area contributed by atoms with Crippen molar-refractivity contribution in [1.82, 2.24) is 0 Å². The van der Waals surface area contributed by atoms with Crippen LogP contribution in [0.15, 0.2) is 12.3 Å². The molecule has 46 valence electrons. The highest BCUT2D eigenvalue weighted by molar-refractivity contribution is 4.95. The molecule has 0 radical (unpaired) electrons. The highest BCUT2D eigenvalue weighted by Crippen LogP contribution is 2.20. The van der Waals surface area contributed by atoms with Gasteiger partial charge in [0.05, 0.1) is 6.26 Å². The van der Waals surface area contributed by atoms with Gasteiger partial charge in [-0.3, -0.25) is 0 Å². The molecule has 0 saturated carbocycles. The molecule has 2 N–H and O–H groups in total. The largest absolute Gasteiger partial charge is 0.494 e. The smallest absolute Gasteiger partial charge is 0.121 e. The van der Waals surface area contributed by atoms with Gasteiger partial charge in [-0.2, -0.15) is 0 Å². The number of ether oxygens (including phenoxy) is 1. The van der Waals surface area contributed by atoms with Crippen LogP contribution >= 0.6 is 0 Å². The number of hydrogen-bond donors (Lipinski definition) is 1. The van der Waals surface area contributed by atoms with E-state index in [0.717, 1.165) is 6.42 Å². The lowest BCUT2D eigenvalue weighted by molar-refractivity contribution is 0.0722. The molecule has 1 atom stereocenters. The first-order valence-corrected chi connectivity index (χ1v) is 2.80. The molecular formula is C6H11NO. The van der Waals surface area contributed by atoms with E-state index < -0.39 is 0 Å². The Labute approximate surface area is 49.3 Å². The summed E-state index contributed by atoms with van der Waals surface area (Å²) in [6, 6.07) is 0. The van der Waals surface area contributed by atoms with Crippen molar-refractivity contribution in [3.63, 3.8) is 0 Å². The fourth-order valence-corrected chi connectivity index (χ4v) is 0.689. The van der Waals surface area contributed by atoms with Crippen LogP contribution in [0.4, 0.5) is 0 Å². The van der Waals surface area contributed by atoms with Crippen molar-refractivity contribution in [2.24, 2.45) is 5.73 Å². The van der Waals surface area contributed by atoms with E-state index in [1.807, 2.05) is 13.0 Å². The monoisotopic (exact) mass is 113 g/mol. The predicted molar refractivity (Wildman–Crippen MR) is 32.3 cm³/mol. The van der Waals surface area contributed by atoms with Gasteiger partial charge in [-0.25, -0.2) is 0 Å². The van der Waals surface area contributed by atoms with Crippen molar-refractivity contribution in [1.29, 1.82) is 0 Å². The minimum atomic E-state index is -0.0972. The predicted octanol–water partition coefficient (Wildman–Crippen LogP) is 0.638. The molecule has 0 aliphatic carbocycles. The topological polar surface area (TPSA) is 35.2 Å². The lowest BCUT2D eigenvalue weighted by Crippen LogP contribution is -2.32. The van der Waals surface area contributed by atoms with E-state index in [4.69, 9.17) is 10.5 Å². The molecule has 1 heterocycles. The van der Waals surface area contributed by atoms with Gasteiger partial charge >= 0.3 is 0 Å². The average Bonchev–Trinajstić information content (AvgIpc) is 2.17. The van der Waals surface area contributed by atoms with Gasteiger partial charge in [0.25, 0.3) is 0 Å². The Morgan fingerprint density at radius 2 is 2.62 bits per heavy atom. The second kappa shape index (κ2) is 1.78. The summed E-state index contributed by atoms with van der Waals surface area (Å²) in [5.41, 5.74) is 5.31. The summed E-state index contributed by atoms with van der Waals surface area (Å²) in [6.07, 6.45) is 4.66. The van der Waals surface area contributed by atoms with Crippen LogP contribution in [0, 0.1) is 0 Å². The molecule has 0 aromatic heterocycles. The number of rotatable bonds is 1. The third-order valence-corrected chi connectivity index (χ3v) is 1.43. The second-order valence-electron chi connectivity index (χ2n) is 2.35. The highest BCUT2D eigenvalue weighted by Gasteiger charge is 2.24. The van der Waals surface area contributed by atoms with E-state index in [0.29, 0.717) is 6.54 Å². The zero-order chi connectivity index (χ0) is 6.04. The van der Waals surface area contributed by atoms with Gasteiger partial charge in [0.2, 0.25) is 0 Å². The molecule has 1 rings (SSSR count). The fraction of sp³-hybridized carbons (Fsp3) is 0.667. The standard InChI is InChI=1S/C6H11NO/c1-6(5-7)3-2-4-8-6/h2,4H,3,5,7H2,1H3/t6-/m1/s1. The van der Waals surface area contributed by atoms with Gasteiger partial charge in [0.1, 0.15) is 5.60 Å². The molecule has 0 aromatic carbocycles. The van der Waals surface area contributed by atoms with Crippen LogP contribution < -0.4 is 5.73 Å². The summed E-state index contributed by atoms with van der Waals surface area (Å²) in [4.78, 5) is 0. The van der Waals surface area contributed by atoms with Crippen molar-refractivity contribution in [2.45, 2.75) is 18.9 Å². The molecule has 0 fully saturated rings. The van der Waals surface area contributed by atoms with Crippen LogP contribution in [0.2, 0.25) is 0 Å². The zero-order valence-electron chi connectivity index (χ0n) is 5.05. The third-order valence-electron chi connectivity index (χ3n) is 1.43. The zero-order valence-corrected chi connectivity index (χ0v) is 5.05. The van der Waals surface area contributed by atoms with E-state index in [9.17, 15) is 0 Å². The summed E-state index contributed by atoms with van der Waals surface area (Å²) < 4.78 is 5.18. The summed E-state index contributed by atoms with van der Waals surface area (Å²) in [5, 5.41) is 0. The van der Waals surface area contributed by atoms with Crippen molar-refractivity contribution in [3.8, 4) is 0 Å². The van der Waals surface area contributed by atoms with Crippen molar-refractivity contribution >= 4 is 0 Å². The van der Waals surface area contributed by atoms with Crippen LogP contribution in [-0.4, -0.2) is 12.1 Å². The first kappa shape index (κ1) is 5.63. The summed E-state index contributed by atoms with van der Waals surface area (Å²) >= 11 is 0. The van der Waals surface area contributed by atoms with Gasteiger partial charge in [-0.05, 0) is 13.0 Å². The molecule has 8 heavy (non-hydrogen) atoms. The Morgan fingerprint density at radius 3 is 2.88 bits per heavy atom. The van der Waals surface area contributed by atoms with E-state index in [1.54, 1.807) is 6.26 Å². The van der Waals surface area contributed by atoms with Crippen LogP contribution in [0.25, 0.3) is 0 Å². The van der Waals surface area contributed by atoms with Gasteiger partial charge < -0.3 is 10.5 Å². The Balaban J connectivity index is 2.46. The van der Waals surface area contributed by atoms with Crippen LogP contribution in [0.5, 0.6) is 0 Å². The first-order valence-electron chi connectivity index (χ1n) is 2.80. The number of nitrogens with two attached hydrogens (primary N) is 1. The van der Waals surface area contributed by atoms with Gasteiger partial charge in [-0.15, -0.1) is 0 Å². The van der Waals surface area contributed by atoms with Crippen LogP contribution in [0.1, 0.15) is 13.3 Å². The summed E-state index contributed by atoms with van der Waals surface area (Å²) in [5.74, 6) is 0. The van der Waals surface area contributed by atoms with Crippen LogP contribution in [-0.2, 0) is 4.74 Å². The average molecular weight is 113 g/mol. The van der Waals surface area contributed by atoms with E-state index >= 15 is 0 Å². The molecule has 0 amide bonds. The Morgan fingerprint density at radius 1 is 1.88 bits per heavy atom. The van der Waals surface area contributed by atoms with Gasteiger partial charge in [-0.1, -0.05) is 0 Å². The fourth-order valence-electron chi connectivity index (χ4n) is 0.689. The van der Waals surface area contributed by atoms with Crippen molar-refractivity contribution in [3.05, 3.63) is 12.3 Å².